The smallest absolute Gasteiger partial charge is 0.313 e. The summed E-state index contributed by atoms with van der Waals surface area (Å²) in [6.45, 7) is 1.74. The Balaban J connectivity index is 2.89. The van der Waals surface area contributed by atoms with E-state index in [9.17, 15) is 18.4 Å². The number of carbonyl (C=O) groups excluding carboxylic acids is 2. The number of halogens is 3. The fourth-order valence-electron chi connectivity index (χ4n) is 1.17. The number of ketones is 1. The zero-order valence-electron chi connectivity index (χ0n) is 8.93. The van der Waals surface area contributed by atoms with Gasteiger partial charge in [0.1, 0.15) is 18.1 Å². The van der Waals surface area contributed by atoms with Crippen LogP contribution in [-0.4, -0.2) is 18.4 Å². The maximum absolute atomic E-state index is 13.3. The molecule has 0 aliphatic carbocycles. The Hall–Kier alpha value is -1.30. The van der Waals surface area contributed by atoms with Gasteiger partial charge in [0.2, 0.25) is 0 Å². The molecule has 3 nitrogen and oxygen atoms in total. The molecule has 0 aromatic heterocycles. The van der Waals surface area contributed by atoms with Crippen molar-refractivity contribution in [3.05, 3.63) is 33.8 Å². The highest BCUT2D eigenvalue weighted by Gasteiger charge is 2.18. The van der Waals surface area contributed by atoms with Crippen LogP contribution < -0.4 is 0 Å². The van der Waals surface area contributed by atoms with Gasteiger partial charge in [-0.2, -0.15) is 0 Å². The van der Waals surface area contributed by atoms with E-state index in [-0.39, 0.29) is 16.6 Å². The van der Waals surface area contributed by atoms with Gasteiger partial charge in [0.25, 0.3) is 0 Å². The number of esters is 1. The first-order valence-corrected chi connectivity index (χ1v) is 5.58. The van der Waals surface area contributed by atoms with Crippen molar-refractivity contribution in [2.45, 2.75) is 13.3 Å². The van der Waals surface area contributed by atoms with Gasteiger partial charge >= 0.3 is 5.97 Å². The number of ether oxygens (including phenoxy) is 1. The maximum atomic E-state index is 13.3. The summed E-state index contributed by atoms with van der Waals surface area (Å²) in [6.07, 6.45) is -0.567. The number of benzene rings is 1. The lowest BCUT2D eigenvalue weighted by Crippen LogP contribution is -2.12. The second kappa shape index (κ2) is 5.86. The molecule has 92 valence electrons. The fraction of sp³-hybridized carbons (Fsp3) is 0.273. The van der Waals surface area contributed by atoms with Crippen LogP contribution in [-0.2, 0) is 9.53 Å². The number of hydrogen-bond acceptors (Lipinski definition) is 3. The van der Waals surface area contributed by atoms with Gasteiger partial charge in [-0.3, -0.25) is 9.59 Å². The van der Waals surface area contributed by atoms with Crippen LogP contribution in [0, 0.1) is 11.6 Å². The molecule has 0 saturated carbocycles. The third-order valence-corrected chi connectivity index (χ3v) is 2.53. The fourth-order valence-corrected chi connectivity index (χ4v) is 1.52. The molecular formula is C11H9BrF2O3. The van der Waals surface area contributed by atoms with Gasteiger partial charge in [-0.15, -0.1) is 0 Å². The normalized spacial score (nSPS) is 10.1. The number of hydrogen-bond donors (Lipinski definition) is 0. The van der Waals surface area contributed by atoms with Crippen molar-refractivity contribution in [2.24, 2.45) is 0 Å². The van der Waals surface area contributed by atoms with Crippen molar-refractivity contribution in [1.29, 1.82) is 0 Å². The number of carbonyl (C=O) groups is 2. The SMILES string of the molecule is CCOC(=O)CC(=O)c1cc(Br)c(F)cc1F. The topological polar surface area (TPSA) is 43.4 Å². The molecule has 6 heteroatoms. The summed E-state index contributed by atoms with van der Waals surface area (Å²) < 4.78 is 30.7. The van der Waals surface area contributed by atoms with Gasteiger partial charge in [-0.05, 0) is 28.9 Å². The number of Topliss-reactive ketones (excluding diaryl/α,β-unsaturated/α-hetero) is 1. The Morgan fingerprint density at radius 2 is 1.94 bits per heavy atom. The molecule has 0 fully saturated rings. The first-order chi connectivity index (χ1) is 7.95. The van der Waals surface area contributed by atoms with E-state index in [1.807, 2.05) is 0 Å². The minimum atomic E-state index is -1.00. The lowest BCUT2D eigenvalue weighted by Gasteiger charge is -2.04. The highest BCUT2D eigenvalue weighted by Crippen LogP contribution is 2.21. The number of rotatable bonds is 4. The van der Waals surface area contributed by atoms with Gasteiger partial charge < -0.3 is 4.74 Å². The Bertz CT molecular complexity index is 460. The molecule has 1 aromatic carbocycles. The van der Waals surface area contributed by atoms with Crippen molar-refractivity contribution in [3.63, 3.8) is 0 Å². The van der Waals surface area contributed by atoms with Crippen LogP contribution in [0.3, 0.4) is 0 Å². The quantitative estimate of drug-likeness (QED) is 0.372. The first kappa shape index (κ1) is 13.8. The van der Waals surface area contributed by atoms with Crippen LogP contribution in [0.4, 0.5) is 8.78 Å². The van der Waals surface area contributed by atoms with Gasteiger partial charge in [0.15, 0.2) is 5.78 Å². The van der Waals surface area contributed by atoms with Crippen LogP contribution in [0.2, 0.25) is 0 Å². The average Bonchev–Trinajstić information content (AvgIpc) is 2.23. The van der Waals surface area contributed by atoms with Crippen molar-refractivity contribution in [3.8, 4) is 0 Å². The summed E-state index contributed by atoms with van der Waals surface area (Å²) in [5.74, 6) is -3.30. The maximum Gasteiger partial charge on any atom is 0.313 e. The van der Waals surface area contributed by atoms with Crippen molar-refractivity contribution in [2.75, 3.05) is 6.61 Å². The van der Waals surface area contributed by atoms with E-state index in [2.05, 4.69) is 20.7 Å². The van der Waals surface area contributed by atoms with Gasteiger partial charge in [0.05, 0.1) is 16.6 Å². The van der Waals surface area contributed by atoms with Crippen molar-refractivity contribution < 1.29 is 23.1 Å². The third kappa shape index (κ3) is 3.59. The molecule has 0 spiro atoms. The molecular weight excluding hydrogens is 298 g/mol. The standard InChI is InChI=1S/C11H9BrF2O3/c1-2-17-11(16)5-10(15)6-3-7(12)9(14)4-8(6)13/h3-4H,2,5H2,1H3. The highest BCUT2D eigenvalue weighted by atomic mass is 79.9. The molecule has 1 aromatic rings. The second-order valence-electron chi connectivity index (χ2n) is 3.15. The molecule has 0 aliphatic rings. The summed E-state index contributed by atoms with van der Waals surface area (Å²) in [6, 6.07) is 1.59. The molecule has 0 saturated heterocycles. The summed E-state index contributed by atoms with van der Waals surface area (Å²) in [4.78, 5) is 22.6. The van der Waals surface area contributed by atoms with Crippen LogP contribution in [0.25, 0.3) is 0 Å². The minimum absolute atomic E-state index is 0.0360. The molecule has 17 heavy (non-hydrogen) atoms. The second-order valence-corrected chi connectivity index (χ2v) is 4.01. The Labute approximate surface area is 105 Å². The van der Waals surface area contributed by atoms with Crippen LogP contribution in [0.5, 0.6) is 0 Å². The monoisotopic (exact) mass is 306 g/mol. The molecule has 0 heterocycles. The molecule has 0 radical (unpaired) electrons. The average molecular weight is 307 g/mol. The summed E-state index contributed by atoms with van der Waals surface area (Å²) >= 11 is 2.84. The van der Waals surface area contributed by atoms with Crippen molar-refractivity contribution in [1.82, 2.24) is 0 Å². The van der Waals surface area contributed by atoms with E-state index in [0.29, 0.717) is 6.07 Å². The predicted molar refractivity (Wildman–Crippen MR) is 59.6 cm³/mol. The van der Waals surface area contributed by atoms with E-state index in [1.54, 1.807) is 6.92 Å². The van der Waals surface area contributed by atoms with E-state index >= 15 is 0 Å². The lowest BCUT2D eigenvalue weighted by molar-refractivity contribution is -0.141. The van der Waals surface area contributed by atoms with Gasteiger partial charge in [0, 0.05) is 6.07 Å². The van der Waals surface area contributed by atoms with Crippen molar-refractivity contribution >= 4 is 27.7 Å². The molecule has 0 N–H and O–H groups in total. The van der Waals surface area contributed by atoms with E-state index in [4.69, 9.17) is 0 Å². The van der Waals surface area contributed by atoms with Gasteiger partial charge in [-0.1, -0.05) is 0 Å². The van der Waals surface area contributed by atoms with Crippen LogP contribution >= 0.6 is 15.9 Å². The third-order valence-electron chi connectivity index (χ3n) is 1.92. The summed E-state index contributed by atoms with van der Waals surface area (Å²) in [5.41, 5.74) is -0.341. The van der Waals surface area contributed by atoms with Gasteiger partial charge in [-0.25, -0.2) is 8.78 Å². The lowest BCUT2D eigenvalue weighted by atomic mass is 10.1. The Morgan fingerprint density at radius 3 is 2.53 bits per heavy atom. The molecule has 0 bridgehead atoms. The first-order valence-electron chi connectivity index (χ1n) is 4.79. The molecule has 0 unspecified atom stereocenters. The minimum Gasteiger partial charge on any atom is -0.466 e. The molecule has 1 rings (SSSR count). The summed E-state index contributed by atoms with van der Waals surface area (Å²) in [7, 11) is 0. The summed E-state index contributed by atoms with van der Waals surface area (Å²) in [5, 5.41) is 0. The largest absolute Gasteiger partial charge is 0.466 e. The van der Waals surface area contributed by atoms with Crippen LogP contribution in [0.15, 0.2) is 16.6 Å². The molecule has 0 amide bonds. The highest BCUT2D eigenvalue weighted by molar-refractivity contribution is 9.10. The van der Waals surface area contributed by atoms with E-state index in [1.165, 1.54) is 0 Å². The molecule has 0 atom stereocenters. The Morgan fingerprint density at radius 1 is 1.29 bits per heavy atom. The predicted octanol–water partition coefficient (Wildman–Crippen LogP) is 2.86. The molecule has 0 aliphatic heterocycles. The Kier molecular flexibility index (Phi) is 4.74. The van der Waals surface area contributed by atoms with E-state index < -0.39 is 29.8 Å². The zero-order chi connectivity index (χ0) is 13.0. The zero-order valence-corrected chi connectivity index (χ0v) is 10.5. The van der Waals surface area contributed by atoms with E-state index in [0.717, 1.165) is 6.07 Å². The van der Waals surface area contributed by atoms with Crippen LogP contribution in [0.1, 0.15) is 23.7 Å².